The monoisotopic (exact) mass is 223 g/mol. The fourth-order valence-corrected chi connectivity index (χ4v) is 2.38. The molecule has 0 aliphatic heterocycles. The maximum atomic E-state index is 6.27. The molecule has 0 N–H and O–H groups in total. The third-order valence-corrected chi connectivity index (χ3v) is 2.86. The SMILES string of the molecule is Bc1cccc(Cl)c1N(C(C)C)C(C)C. The number of hydrogen-bond donors (Lipinski definition) is 0. The van der Waals surface area contributed by atoms with Crippen LogP contribution in [-0.2, 0) is 0 Å². The number of anilines is 1. The Labute approximate surface area is 98.8 Å². The maximum Gasteiger partial charge on any atom is 0.142 e. The van der Waals surface area contributed by atoms with E-state index in [1.807, 2.05) is 12.1 Å². The predicted octanol–water partition coefficient (Wildman–Crippen LogP) is 2.22. The molecule has 1 aromatic rings. The summed E-state index contributed by atoms with van der Waals surface area (Å²) in [5.74, 6) is 0. The van der Waals surface area contributed by atoms with Gasteiger partial charge < -0.3 is 4.90 Å². The lowest BCUT2D eigenvalue weighted by molar-refractivity contribution is 0.609. The van der Waals surface area contributed by atoms with Crippen molar-refractivity contribution in [3.63, 3.8) is 0 Å². The molecule has 0 amide bonds. The first-order valence-corrected chi connectivity index (χ1v) is 5.86. The Kier molecular flexibility index (Phi) is 4.09. The molecule has 0 atom stereocenters. The minimum absolute atomic E-state index is 0.462. The third kappa shape index (κ3) is 2.69. The van der Waals surface area contributed by atoms with Gasteiger partial charge in [-0.15, -0.1) is 0 Å². The highest BCUT2D eigenvalue weighted by atomic mass is 35.5. The molecule has 1 nitrogen and oxygen atoms in total. The van der Waals surface area contributed by atoms with Gasteiger partial charge in [0.15, 0.2) is 0 Å². The molecular formula is C12H19BClN. The van der Waals surface area contributed by atoms with Crippen molar-refractivity contribution >= 4 is 30.6 Å². The van der Waals surface area contributed by atoms with Gasteiger partial charge in [0.2, 0.25) is 0 Å². The van der Waals surface area contributed by atoms with Crippen molar-refractivity contribution in [1.82, 2.24) is 0 Å². The van der Waals surface area contributed by atoms with Crippen LogP contribution in [-0.4, -0.2) is 19.9 Å². The van der Waals surface area contributed by atoms with Crippen LogP contribution in [0.15, 0.2) is 18.2 Å². The van der Waals surface area contributed by atoms with Gasteiger partial charge in [0.25, 0.3) is 0 Å². The van der Waals surface area contributed by atoms with E-state index in [0.29, 0.717) is 12.1 Å². The Balaban J connectivity index is 3.22. The minimum atomic E-state index is 0.462. The number of benzene rings is 1. The molecule has 1 rings (SSSR count). The second-order valence-electron chi connectivity index (χ2n) is 4.50. The van der Waals surface area contributed by atoms with E-state index in [4.69, 9.17) is 11.6 Å². The predicted molar refractivity (Wildman–Crippen MR) is 72.4 cm³/mol. The van der Waals surface area contributed by atoms with E-state index in [1.54, 1.807) is 0 Å². The molecule has 1 aromatic carbocycles. The Hall–Kier alpha value is -0.625. The summed E-state index contributed by atoms with van der Waals surface area (Å²) in [7, 11) is 2.11. The molecule has 0 fully saturated rings. The average molecular weight is 224 g/mol. The summed E-state index contributed by atoms with van der Waals surface area (Å²) < 4.78 is 0. The highest BCUT2D eigenvalue weighted by molar-refractivity contribution is 6.41. The fraction of sp³-hybridized carbons (Fsp3) is 0.500. The number of hydrogen-bond acceptors (Lipinski definition) is 1. The quantitative estimate of drug-likeness (QED) is 0.711. The van der Waals surface area contributed by atoms with Gasteiger partial charge in [0, 0.05) is 17.8 Å². The van der Waals surface area contributed by atoms with Crippen molar-refractivity contribution in [2.75, 3.05) is 4.90 Å². The Bertz CT molecular complexity index is 308. The molecule has 0 heterocycles. The first-order chi connectivity index (χ1) is 6.95. The molecule has 0 aromatic heterocycles. The van der Waals surface area contributed by atoms with Crippen molar-refractivity contribution in [1.29, 1.82) is 0 Å². The summed E-state index contributed by atoms with van der Waals surface area (Å²) in [6, 6.07) is 6.99. The van der Waals surface area contributed by atoms with Gasteiger partial charge in [-0.3, -0.25) is 0 Å². The van der Waals surface area contributed by atoms with E-state index in [2.05, 4.69) is 46.5 Å². The average Bonchev–Trinajstić information content (AvgIpc) is 2.09. The van der Waals surface area contributed by atoms with Crippen molar-refractivity contribution < 1.29 is 0 Å². The van der Waals surface area contributed by atoms with Gasteiger partial charge >= 0.3 is 0 Å². The number of halogens is 1. The van der Waals surface area contributed by atoms with Gasteiger partial charge in [-0.1, -0.05) is 29.2 Å². The molecule has 0 unspecified atom stereocenters. The van der Waals surface area contributed by atoms with Crippen LogP contribution in [0.3, 0.4) is 0 Å². The number of para-hydroxylation sites is 1. The Morgan fingerprint density at radius 1 is 1.13 bits per heavy atom. The highest BCUT2D eigenvalue weighted by Crippen LogP contribution is 2.26. The van der Waals surface area contributed by atoms with Crippen LogP contribution in [0.1, 0.15) is 27.7 Å². The molecule has 0 aliphatic carbocycles. The number of rotatable bonds is 3. The summed E-state index contributed by atoms with van der Waals surface area (Å²) in [5, 5.41) is 0.845. The van der Waals surface area contributed by atoms with E-state index in [1.165, 1.54) is 11.2 Å². The fourth-order valence-electron chi connectivity index (χ4n) is 2.06. The lowest BCUT2D eigenvalue weighted by Crippen LogP contribution is -2.40. The molecule has 0 saturated carbocycles. The smallest absolute Gasteiger partial charge is 0.142 e. The van der Waals surface area contributed by atoms with Crippen molar-refractivity contribution in [3.05, 3.63) is 23.2 Å². The van der Waals surface area contributed by atoms with E-state index < -0.39 is 0 Å². The minimum Gasteiger partial charge on any atom is -0.366 e. The van der Waals surface area contributed by atoms with Crippen LogP contribution in [0, 0.1) is 0 Å². The first-order valence-electron chi connectivity index (χ1n) is 5.48. The van der Waals surface area contributed by atoms with Crippen LogP contribution in [0.2, 0.25) is 5.02 Å². The largest absolute Gasteiger partial charge is 0.366 e. The zero-order valence-electron chi connectivity index (χ0n) is 10.2. The van der Waals surface area contributed by atoms with Gasteiger partial charge in [0.05, 0.1) is 5.02 Å². The maximum absolute atomic E-state index is 6.27. The second-order valence-corrected chi connectivity index (χ2v) is 4.91. The molecule has 15 heavy (non-hydrogen) atoms. The molecule has 82 valence electrons. The molecule has 0 saturated heterocycles. The van der Waals surface area contributed by atoms with Crippen LogP contribution < -0.4 is 10.4 Å². The van der Waals surface area contributed by atoms with E-state index >= 15 is 0 Å². The topological polar surface area (TPSA) is 3.24 Å². The van der Waals surface area contributed by atoms with E-state index in [9.17, 15) is 0 Å². The van der Waals surface area contributed by atoms with Crippen LogP contribution in [0.4, 0.5) is 5.69 Å². The molecule has 0 spiro atoms. The molecule has 0 radical (unpaired) electrons. The lowest BCUT2D eigenvalue weighted by atomic mass is 9.92. The van der Waals surface area contributed by atoms with Crippen LogP contribution >= 0.6 is 11.6 Å². The molecule has 0 aliphatic rings. The summed E-state index contributed by atoms with van der Waals surface area (Å²) in [6.45, 7) is 8.79. The van der Waals surface area contributed by atoms with Gasteiger partial charge in [-0.05, 0) is 33.8 Å². The first kappa shape index (κ1) is 12.4. The van der Waals surface area contributed by atoms with E-state index in [0.717, 1.165) is 5.02 Å². The molecular weight excluding hydrogens is 204 g/mol. The standard InChI is InChI=1S/C12H19BClN/c1-8(2)15(9(3)4)12-10(13)6-5-7-11(12)14/h5-9H,13H2,1-4H3. The van der Waals surface area contributed by atoms with Gasteiger partial charge in [-0.25, -0.2) is 0 Å². The summed E-state index contributed by atoms with van der Waals surface area (Å²) >= 11 is 6.27. The van der Waals surface area contributed by atoms with Crippen molar-refractivity contribution in [2.24, 2.45) is 0 Å². The van der Waals surface area contributed by atoms with Crippen LogP contribution in [0.25, 0.3) is 0 Å². The van der Waals surface area contributed by atoms with Gasteiger partial charge in [0.1, 0.15) is 7.85 Å². The van der Waals surface area contributed by atoms with Gasteiger partial charge in [-0.2, -0.15) is 0 Å². The zero-order chi connectivity index (χ0) is 11.6. The van der Waals surface area contributed by atoms with Crippen LogP contribution in [0.5, 0.6) is 0 Å². The zero-order valence-corrected chi connectivity index (χ0v) is 11.0. The normalized spacial score (nSPS) is 11.1. The van der Waals surface area contributed by atoms with E-state index in [-0.39, 0.29) is 0 Å². The summed E-state index contributed by atoms with van der Waals surface area (Å²) in [4.78, 5) is 2.36. The summed E-state index contributed by atoms with van der Waals surface area (Å²) in [5.41, 5.74) is 2.41. The Morgan fingerprint density at radius 3 is 2.07 bits per heavy atom. The van der Waals surface area contributed by atoms with Crippen molar-refractivity contribution in [3.8, 4) is 0 Å². The molecule has 0 bridgehead atoms. The highest BCUT2D eigenvalue weighted by Gasteiger charge is 2.18. The molecule has 3 heteroatoms. The Morgan fingerprint density at radius 2 is 1.67 bits per heavy atom. The number of nitrogens with zero attached hydrogens (tertiary/aromatic N) is 1. The third-order valence-electron chi connectivity index (χ3n) is 2.56. The lowest BCUT2D eigenvalue weighted by Gasteiger charge is -2.35. The van der Waals surface area contributed by atoms with Crippen molar-refractivity contribution in [2.45, 2.75) is 39.8 Å². The second kappa shape index (κ2) is 4.93. The summed E-state index contributed by atoms with van der Waals surface area (Å²) in [6.07, 6.45) is 0.